The molecule has 1 atom stereocenters. The zero-order chi connectivity index (χ0) is 18.9. The molecule has 6 heteroatoms. The van der Waals surface area contributed by atoms with Gasteiger partial charge in [0.1, 0.15) is 0 Å². The van der Waals surface area contributed by atoms with Gasteiger partial charge in [0.2, 0.25) is 0 Å². The third-order valence-corrected chi connectivity index (χ3v) is 6.57. The quantitative estimate of drug-likeness (QED) is 0.589. The predicted octanol–water partition coefficient (Wildman–Crippen LogP) is 4.15. The van der Waals surface area contributed by atoms with E-state index in [0.29, 0.717) is 31.2 Å². The fourth-order valence-corrected chi connectivity index (χ4v) is 5.00. The first kappa shape index (κ1) is 18.2. The Morgan fingerprint density at radius 3 is 2.63 bits per heavy atom. The first-order chi connectivity index (χ1) is 13.1. The lowest BCUT2D eigenvalue weighted by atomic mass is 9.69. The fraction of sp³-hybridized carbons (Fsp3) is 0.476. The number of benzene rings is 1. The molecule has 1 aliphatic carbocycles. The van der Waals surface area contributed by atoms with Crippen LogP contribution in [0, 0.1) is 11.3 Å². The van der Waals surface area contributed by atoms with Crippen LogP contribution in [-0.2, 0) is 6.54 Å². The van der Waals surface area contributed by atoms with Crippen molar-refractivity contribution in [3.05, 3.63) is 53.1 Å². The molecule has 1 unspecified atom stereocenters. The van der Waals surface area contributed by atoms with Crippen molar-refractivity contribution in [2.45, 2.75) is 38.6 Å². The molecule has 5 nitrogen and oxygen atoms in total. The number of likely N-dealkylation sites (tertiary alicyclic amines) is 1. The van der Waals surface area contributed by atoms with E-state index in [9.17, 15) is 9.59 Å². The van der Waals surface area contributed by atoms with E-state index >= 15 is 0 Å². The van der Waals surface area contributed by atoms with Crippen LogP contribution in [0.3, 0.4) is 0 Å². The van der Waals surface area contributed by atoms with Crippen molar-refractivity contribution >= 4 is 17.0 Å². The third kappa shape index (κ3) is 3.65. The monoisotopic (exact) mass is 385 g/mol. The highest BCUT2D eigenvalue weighted by Crippen LogP contribution is 2.49. The Balaban J connectivity index is 1.56. The van der Waals surface area contributed by atoms with Gasteiger partial charge in [-0.05, 0) is 42.2 Å². The number of hydrogen-bond acceptors (Lipinski definition) is 3. The van der Waals surface area contributed by atoms with Crippen molar-refractivity contribution in [3.63, 3.8) is 0 Å². The smallest absolute Gasteiger partial charge is 0.316 e. The molecular formula is C21H24ClN3O2. The summed E-state index contributed by atoms with van der Waals surface area (Å²) >= 11 is 5.75. The minimum atomic E-state index is -0.356. The zero-order valence-electron chi connectivity index (χ0n) is 15.3. The van der Waals surface area contributed by atoms with E-state index in [-0.39, 0.29) is 16.3 Å². The Hall–Kier alpha value is -2.14. The molecule has 4 rings (SSSR count). The van der Waals surface area contributed by atoms with E-state index in [1.165, 1.54) is 12.8 Å². The summed E-state index contributed by atoms with van der Waals surface area (Å²) in [4.78, 5) is 30.6. The van der Waals surface area contributed by atoms with Gasteiger partial charge in [0.05, 0.1) is 12.0 Å². The van der Waals surface area contributed by atoms with E-state index in [0.717, 1.165) is 24.8 Å². The second-order valence-electron chi connectivity index (χ2n) is 7.86. The van der Waals surface area contributed by atoms with E-state index in [2.05, 4.69) is 4.98 Å². The molecule has 1 aliphatic heterocycles. The fourth-order valence-electron chi connectivity index (χ4n) is 4.85. The number of piperidine rings is 1. The lowest BCUT2D eigenvalue weighted by molar-refractivity contribution is 0.0448. The van der Waals surface area contributed by atoms with Crippen molar-refractivity contribution in [1.29, 1.82) is 0 Å². The largest absolute Gasteiger partial charge is 0.329 e. The number of nitrogens with zero attached hydrogens (tertiary/aromatic N) is 3. The molecule has 1 amide bonds. The van der Waals surface area contributed by atoms with Crippen molar-refractivity contribution in [2.75, 3.05) is 13.1 Å². The number of amides is 1. The van der Waals surface area contributed by atoms with Gasteiger partial charge in [-0.1, -0.05) is 43.2 Å². The molecule has 1 spiro atoms. The number of carbonyl (C=O) groups is 1. The molecule has 1 aromatic heterocycles. The lowest BCUT2D eigenvalue weighted by Crippen LogP contribution is -2.50. The SMILES string of the molecule is O=C(Cl)N1CCC(Cn2cnc(-c3ccccc3)cc2=O)C2(CCCC2)C1. The zero-order valence-corrected chi connectivity index (χ0v) is 16.1. The highest BCUT2D eigenvalue weighted by Gasteiger charge is 2.46. The summed E-state index contributed by atoms with van der Waals surface area (Å²) in [6.45, 7) is 2.04. The van der Waals surface area contributed by atoms with Crippen LogP contribution in [0.15, 0.2) is 47.5 Å². The highest BCUT2D eigenvalue weighted by atomic mass is 35.5. The summed E-state index contributed by atoms with van der Waals surface area (Å²) in [6, 6.07) is 11.4. The van der Waals surface area contributed by atoms with Gasteiger partial charge in [0.25, 0.3) is 5.56 Å². The van der Waals surface area contributed by atoms with Crippen LogP contribution in [0.4, 0.5) is 4.79 Å². The van der Waals surface area contributed by atoms with Crippen molar-refractivity contribution < 1.29 is 4.79 Å². The Kier molecular flexibility index (Phi) is 5.04. The molecule has 0 N–H and O–H groups in total. The Bertz CT molecular complexity index is 874. The number of hydrogen-bond donors (Lipinski definition) is 0. The van der Waals surface area contributed by atoms with Crippen LogP contribution in [0.5, 0.6) is 0 Å². The Morgan fingerprint density at radius 2 is 1.96 bits per heavy atom. The molecular weight excluding hydrogens is 362 g/mol. The highest BCUT2D eigenvalue weighted by molar-refractivity contribution is 6.62. The summed E-state index contributed by atoms with van der Waals surface area (Å²) in [5.41, 5.74) is 1.71. The lowest BCUT2D eigenvalue weighted by Gasteiger charge is -2.46. The predicted molar refractivity (Wildman–Crippen MR) is 106 cm³/mol. The van der Waals surface area contributed by atoms with Gasteiger partial charge in [-0.25, -0.2) is 4.98 Å². The molecule has 0 radical (unpaired) electrons. The van der Waals surface area contributed by atoms with Crippen molar-refractivity contribution in [3.8, 4) is 11.3 Å². The van der Waals surface area contributed by atoms with Gasteiger partial charge >= 0.3 is 5.37 Å². The Labute approximate surface area is 164 Å². The summed E-state index contributed by atoms with van der Waals surface area (Å²) in [7, 11) is 0. The molecule has 0 bridgehead atoms. The number of aromatic nitrogens is 2. The van der Waals surface area contributed by atoms with E-state index in [4.69, 9.17) is 11.6 Å². The number of carbonyl (C=O) groups excluding carboxylic acids is 1. The summed E-state index contributed by atoms with van der Waals surface area (Å²) < 4.78 is 1.73. The van der Waals surface area contributed by atoms with Crippen LogP contribution in [-0.4, -0.2) is 32.9 Å². The van der Waals surface area contributed by atoms with Gasteiger partial charge in [0.15, 0.2) is 0 Å². The molecule has 2 aliphatic rings. The normalized spacial score (nSPS) is 21.5. The average Bonchev–Trinajstić information content (AvgIpc) is 3.14. The molecule has 1 saturated carbocycles. The van der Waals surface area contributed by atoms with Gasteiger partial charge < -0.3 is 4.90 Å². The Morgan fingerprint density at radius 1 is 1.22 bits per heavy atom. The van der Waals surface area contributed by atoms with Crippen LogP contribution < -0.4 is 5.56 Å². The first-order valence-corrected chi connectivity index (χ1v) is 10.0. The van der Waals surface area contributed by atoms with Gasteiger partial charge in [-0.3, -0.25) is 14.2 Å². The van der Waals surface area contributed by atoms with E-state index in [1.807, 2.05) is 30.3 Å². The summed E-state index contributed by atoms with van der Waals surface area (Å²) in [5.74, 6) is 0.370. The van der Waals surface area contributed by atoms with Crippen LogP contribution >= 0.6 is 11.6 Å². The second kappa shape index (κ2) is 7.47. The molecule has 1 aromatic carbocycles. The first-order valence-electron chi connectivity index (χ1n) is 9.64. The van der Waals surface area contributed by atoms with Gasteiger partial charge in [-0.2, -0.15) is 0 Å². The topological polar surface area (TPSA) is 55.2 Å². The van der Waals surface area contributed by atoms with Crippen molar-refractivity contribution in [2.24, 2.45) is 11.3 Å². The second-order valence-corrected chi connectivity index (χ2v) is 8.18. The maximum Gasteiger partial charge on any atom is 0.316 e. The molecule has 2 fully saturated rings. The van der Waals surface area contributed by atoms with E-state index < -0.39 is 0 Å². The maximum absolute atomic E-state index is 12.7. The van der Waals surface area contributed by atoms with Crippen molar-refractivity contribution in [1.82, 2.24) is 14.5 Å². The standard InChI is InChI=1S/C21H24ClN3O2/c22-20(27)24-11-8-17(21(14-24)9-4-5-10-21)13-25-15-23-18(12-19(25)26)16-6-2-1-3-7-16/h1-3,6-7,12,15,17H,4-5,8-11,13-14H2. The summed E-state index contributed by atoms with van der Waals surface area (Å²) in [6.07, 6.45) is 7.12. The maximum atomic E-state index is 12.7. The summed E-state index contributed by atoms with van der Waals surface area (Å²) in [5, 5.41) is -0.356. The van der Waals surface area contributed by atoms with Gasteiger partial charge in [-0.15, -0.1) is 0 Å². The van der Waals surface area contributed by atoms with E-state index in [1.54, 1.807) is 21.9 Å². The molecule has 27 heavy (non-hydrogen) atoms. The minimum Gasteiger partial charge on any atom is -0.329 e. The van der Waals surface area contributed by atoms with Gasteiger partial charge in [0, 0.05) is 31.3 Å². The molecule has 2 heterocycles. The average molecular weight is 386 g/mol. The molecule has 1 saturated heterocycles. The number of rotatable bonds is 3. The molecule has 2 aromatic rings. The third-order valence-electron chi connectivity index (χ3n) is 6.33. The van der Waals surface area contributed by atoms with Crippen LogP contribution in [0.25, 0.3) is 11.3 Å². The minimum absolute atomic E-state index is 0.0205. The number of halogens is 1. The van der Waals surface area contributed by atoms with Crippen LogP contribution in [0.2, 0.25) is 0 Å². The van der Waals surface area contributed by atoms with Crippen LogP contribution in [0.1, 0.15) is 32.1 Å². The molecule has 142 valence electrons.